The highest BCUT2D eigenvalue weighted by Crippen LogP contribution is 2.31. The maximum absolute atomic E-state index is 11.9. The molecule has 0 aromatic heterocycles. The number of carbonyl (C=O) groups excluding carboxylic acids is 1. The second-order valence-corrected chi connectivity index (χ2v) is 3.88. The monoisotopic (exact) mass is 252 g/mol. The molecule has 0 saturated heterocycles. The van der Waals surface area contributed by atoms with Crippen molar-refractivity contribution in [2.45, 2.75) is 12.8 Å². The van der Waals surface area contributed by atoms with E-state index >= 15 is 0 Å². The number of methoxy groups -OCH3 is 2. The van der Waals surface area contributed by atoms with E-state index < -0.39 is 0 Å². The molecule has 0 unspecified atom stereocenters. The fourth-order valence-corrected chi connectivity index (χ4v) is 1.60. The van der Waals surface area contributed by atoms with Crippen molar-refractivity contribution >= 4 is 11.6 Å². The van der Waals surface area contributed by atoms with E-state index in [1.807, 2.05) is 6.07 Å². The first-order chi connectivity index (χ1) is 8.63. The maximum atomic E-state index is 11.9. The van der Waals surface area contributed by atoms with Crippen LogP contribution in [0, 0.1) is 0 Å². The Hall–Kier alpha value is -1.75. The van der Waals surface area contributed by atoms with E-state index in [1.54, 1.807) is 38.3 Å². The van der Waals surface area contributed by atoms with Crippen LogP contribution in [0.4, 0.5) is 5.69 Å². The molecule has 5 nitrogen and oxygen atoms in total. The summed E-state index contributed by atoms with van der Waals surface area (Å²) in [5.74, 6) is 1.28. The maximum Gasteiger partial charge on any atom is 0.226 e. The third-order valence-electron chi connectivity index (χ3n) is 2.72. The lowest BCUT2D eigenvalue weighted by Crippen LogP contribution is -2.26. The zero-order valence-electron chi connectivity index (χ0n) is 11.1. The van der Waals surface area contributed by atoms with Crippen LogP contribution in [0.25, 0.3) is 0 Å². The Labute approximate surface area is 107 Å². The average molecular weight is 252 g/mol. The number of benzene rings is 1. The molecule has 1 aromatic carbocycles. The van der Waals surface area contributed by atoms with Gasteiger partial charge in [0, 0.05) is 25.2 Å². The third kappa shape index (κ3) is 3.37. The van der Waals surface area contributed by atoms with E-state index in [-0.39, 0.29) is 5.91 Å². The fraction of sp³-hybridized carbons (Fsp3) is 0.462. The molecule has 0 radical (unpaired) electrons. The number of hydrogen-bond acceptors (Lipinski definition) is 4. The Bertz CT molecular complexity index is 407. The molecular weight excluding hydrogens is 232 g/mol. The predicted molar refractivity (Wildman–Crippen MR) is 71.2 cm³/mol. The number of nitrogens with zero attached hydrogens (tertiary/aromatic N) is 1. The number of amides is 1. The third-order valence-corrected chi connectivity index (χ3v) is 2.72. The van der Waals surface area contributed by atoms with Crippen molar-refractivity contribution in [1.29, 1.82) is 0 Å². The molecule has 0 aliphatic carbocycles. The van der Waals surface area contributed by atoms with Crippen LogP contribution in [0.3, 0.4) is 0 Å². The Morgan fingerprint density at radius 1 is 1.28 bits per heavy atom. The minimum Gasteiger partial charge on any atom is -0.493 e. The minimum atomic E-state index is 0.0349. The summed E-state index contributed by atoms with van der Waals surface area (Å²) in [7, 11) is 4.88. The SMILES string of the molecule is COc1ccc(N(C)C(=O)CCCN)cc1OC. The molecule has 100 valence electrons. The van der Waals surface area contributed by atoms with Crippen molar-refractivity contribution in [2.24, 2.45) is 5.73 Å². The fourth-order valence-electron chi connectivity index (χ4n) is 1.60. The van der Waals surface area contributed by atoms with Crippen LogP contribution in [-0.4, -0.2) is 33.7 Å². The Kier molecular flexibility index (Phi) is 5.45. The molecule has 1 aromatic rings. The molecule has 0 aliphatic rings. The lowest BCUT2D eigenvalue weighted by molar-refractivity contribution is -0.118. The van der Waals surface area contributed by atoms with Crippen LogP contribution in [0.1, 0.15) is 12.8 Å². The molecule has 0 aliphatic heterocycles. The number of rotatable bonds is 6. The Morgan fingerprint density at radius 2 is 1.94 bits per heavy atom. The smallest absolute Gasteiger partial charge is 0.226 e. The summed E-state index contributed by atoms with van der Waals surface area (Å²) >= 11 is 0. The summed E-state index contributed by atoms with van der Waals surface area (Å²) in [6.07, 6.45) is 1.14. The molecule has 0 saturated carbocycles. The lowest BCUT2D eigenvalue weighted by Gasteiger charge is -2.19. The second kappa shape index (κ2) is 6.86. The summed E-state index contributed by atoms with van der Waals surface area (Å²) in [6, 6.07) is 5.38. The second-order valence-electron chi connectivity index (χ2n) is 3.88. The molecule has 1 amide bonds. The summed E-state index contributed by atoms with van der Waals surface area (Å²) in [5, 5.41) is 0. The molecule has 18 heavy (non-hydrogen) atoms. The van der Waals surface area contributed by atoms with Gasteiger partial charge < -0.3 is 20.1 Å². The highest BCUT2D eigenvalue weighted by molar-refractivity contribution is 5.93. The van der Waals surface area contributed by atoms with Gasteiger partial charge in [-0.2, -0.15) is 0 Å². The van der Waals surface area contributed by atoms with E-state index in [9.17, 15) is 4.79 Å². The van der Waals surface area contributed by atoms with Gasteiger partial charge in [-0.05, 0) is 25.1 Å². The van der Waals surface area contributed by atoms with Gasteiger partial charge in [-0.25, -0.2) is 0 Å². The van der Waals surface area contributed by atoms with Crippen LogP contribution in [0.15, 0.2) is 18.2 Å². The topological polar surface area (TPSA) is 64.8 Å². The van der Waals surface area contributed by atoms with Crippen LogP contribution < -0.4 is 20.1 Å². The molecule has 0 fully saturated rings. The highest BCUT2D eigenvalue weighted by Gasteiger charge is 2.13. The van der Waals surface area contributed by atoms with Crippen molar-refractivity contribution in [3.05, 3.63) is 18.2 Å². The molecule has 2 N–H and O–H groups in total. The van der Waals surface area contributed by atoms with Crippen molar-refractivity contribution in [2.75, 3.05) is 32.7 Å². The molecule has 0 bridgehead atoms. The molecule has 5 heteroatoms. The van der Waals surface area contributed by atoms with E-state index in [2.05, 4.69) is 0 Å². The van der Waals surface area contributed by atoms with Gasteiger partial charge in [0.15, 0.2) is 11.5 Å². The van der Waals surface area contributed by atoms with Gasteiger partial charge in [0.05, 0.1) is 14.2 Å². The van der Waals surface area contributed by atoms with E-state index in [1.165, 1.54) is 0 Å². The summed E-state index contributed by atoms with van der Waals surface area (Å²) in [5.41, 5.74) is 6.16. The van der Waals surface area contributed by atoms with Gasteiger partial charge in [0.2, 0.25) is 5.91 Å². The van der Waals surface area contributed by atoms with Crippen molar-refractivity contribution in [1.82, 2.24) is 0 Å². The van der Waals surface area contributed by atoms with E-state index in [0.29, 0.717) is 30.9 Å². The number of hydrogen-bond donors (Lipinski definition) is 1. The Morgan fingerprint density at radius 3 is 2.50 bits per heavy atom. The normalized spacial score (nSPS) is 10.0. The number of anilines is 1. The standard InChI is InChI=1S/C13H20N2O3/c1-15(13(16)5-4-8-14)10-6-7-11(17-2)12(9-10)18-3/h6-7,9H,4-5,8,14H2,1-3H3. The zero-order valence-corrected chi connectivity index (χ0v) is 11.1. The average Bonchev–Trinajstić information content (AvgIpc) is 2.42. The summed E-state index contributed by atoms with van der Waals surface area (Å²) in [6.45, 7) is 0.519. The predicted octanol–water partition coefficient (Wildman–Crippen LogP) is 1.41. The highest BCUT2D eigenvalue weighted by atomic mass is 16.5. The van der Waals surface area contributed by atoms with Gasteiger partial charge in [-0.3, -0.25) is 4.79 Å². The van der Waals surface area contributed by atoms with Gasteiger partial charge in [-0.15, -0.1) is 0 Å². The van der Waals surface area contributed by atoms with Crippen LogP contribution in [-0.2, 0) is 4.79 Å². The molecule has 0 atom stereocenters. The lowest BCUT2D eigenvalue weighted by atomic mass is 10.2. The van der Waals surface area contributed by atoms with E-state index in [4.69, 9.17) is 15.2 Å². The first-order valence-corrected chi connectivity index (χ1v) is 5.82. The number of nitrogens with two attached hydrogens (primary N) is 1. The van der Waals surface area contributed by atoms with Gasteiger partial charge in [0.1, 0.15) is 0 Å². The van der Waals surface area contributed by atoms with Gasteiger partial charge in [0.25, 0.3) is 0 Å². The van der Waals surface area contributed by atoms with E-state index in [0.717, 1.165) is 5.69 Å². The minimum absolute atomic E-state index is 0.0349. The van der Waals surface area contributed by atoms with Crippen LogP contribution >= 0.6 is 0 Å². The van der Waals surface area contributed by atoms with Crippen molar-refractivity contribution in [3.8, 4) is 11.5 Å². The first kappa shape index (κ1) is 14.3. The Balaban J connectivity index is 2.85. The molecule has 0 spiro atoms. The number of carbonyl (C=O) groups is 1. The first-order valence-electron chi connectivity index (χ1n) is 5.82. The number of ether oxygens (including phenoxy) is 2. The van der Waals surface area contributed by atoms with Crippen molar-refractivity contribution < 1.29 is 14.3 Å². The molecule has 1 rings (SSSR count). The molecular formula is C13H20N2O3. The van der Waals surface area contributed by atoms with Crippen LogP contribution in [0.2, 0.25) is 0 Å². The van der Waals surface area contributed by atoms with Gasteiger partial charge in [-0.1, -0.05) is 0 Å². The van der Waals surface area contributed by atoms with Crippen LogP contribution in [0.5, 0.6) is 11.5 Å². The quantitative estimate of drug-likeness (QED) is 0.831. The molecule has 0 heterocycles. The zero-order chi connectivity index (χ0) is 13.5. The van der Waals surface area contributed by atoms with Gasteiger partial charge >= 0.3 is 0 Å². The largest absolute Gasteiger partial charge is 0.493 e. The summed E-state index contributed by atoms with van der Waals surface area (Å²) < 4.78 is 10.4. The van der Waals surface area contributed by atoms with Crippen molar-refractivity contribution in [3.63, 3.8) is 0 Å². The summed E-state index contributed by atoms with van der Waals surface area (Å²) in [4.78, 5) is 13.4.